The Morgan fingerprint density at radius 1 is 0.941 bits per heavy atom. The van der Waals surface area contributed by atoms with Gasteiger partial charge in [0.05, 0.1) is 0 Å². The van der Waals surface area contributed by atoms with Crippen LogP contribution in [0.25, 0.3) is 0 Å². The predicted octanol–water partition coefficient (Wildman–Crippen LogP) is 3.06. The molecule has 2 rings (SSSR count). The largest absolute Gasteiger partial charge is 0.289 e. The fourth-order valence-corrected chi connectivity index (χ4v) is 1.86. The second-order valence-electron chi connectivity index (χ2n) is 3.75. The maximum absolute atomic E-state index is 12.1. The lowest BCUT2D eigenvalue weighted by atomic mass is 9.73. The van der Waals surface area contributed by atoms with Crippen LogP contribution in [-0.4, -0.2) is 13.1 Å². The summed E-state index contributed by atoms with van der Waals surface area (Å²) in [6, 6.07) is 15.0. The highest BCUT2D eigenvalue weighted by molar-refractivity contribution is 9.10. The Balaban J connectivity index is 2.27. The zero-order valence-electron chi connectivity index (χ0n) is 9.48. The Bertz CT molecular complexity index is 517. The molecule has 0 fully saturated rings. The van der Waals surface area contributed by atoms with Crippen LogP contribution < -0.4 is 5.46 Å². The van der Waals surface area contributed by atoms with Crippen LogP contribution in [-0.2, 0) is 0 Å². The van der Waals surface area contributed by atoms with E-state index < -0.39 is 0 Å². The van der Waals surface area contributed by atoms with E-state index in [0.717, 1.165) is 15.5 Å². The van der Waals surface area contributed by atoms with Crippen molar-refractivity contribution in [1.82, 2.24) is 0 Å². The van der Waals surface area contributed by atoms with Crippen molar-refractivity contribution in [2.75, 3.05) is 0 Å². The van der Waals surface area contributed by atoms with E-state index in [-0.39, 0.29) is 5.78 Å². The van der Waals surface area contributed by atoms with E-state index in [1.165, 1.54) is 0 Å². The van der Waals surface area contributed by atoms with E-state index in [1.807, 2.05) is 62.6 Å². The molecule has 0 N–H and O–H groups in total. The van der Waals surface area contributed by atoms with E-state index in [9.17, 15) is 4.79 Å². The molecule has 2 aromatic carbocycles. The number of carbonyl (C=O) groups excluding carboxylic acids is 1. The van der Waals surface area contributed by atoms with Gasteiger partial charge in [0, 0.05) is 15.6 Å². The van der Waals surface area contributed by atoms with Gasteiger partial charge in [0.15, 0.2) is 5.78 Å². The van der Waals surface area contributed by atoms with Gasteiger partial charge in [-0.1, -0.05) is 52.5 Å². The monoisotopic (exact) mass is 285 g/mol. The lowest BCUT2D eigenvalue weighted by Gasteiger charge is -2.02. The average molecular weight is 286 g/mol. The van der Waals surface area contributed by atoms with E-state index in [1.54, 1.807) is 0 Å². The minimum absolute atomic E-state index is 0.0557. The first-order valence-corrected chi connectivity index (χ1v) is 6.19. The minimum atomic E-state index is 0.0557. The van der Waals surface area contributed by atoms with Crippen LogP contribution in [0.2, 0.25) is 6.82 Å². The Hall–Kier alpha value is -1.35. The van der Waals surface area contributed by atoms with Crippen LogP contribution in [0.15, 0.2) is 53.0 Å². The molecule has 0 bridgehead atoms. The molecular weight excluding hydrogens is 275 g/mol. The highest BCUT2D eigenvalue weighted by atomic mass is 79.9. The molecule has 0 unspecified atom stereocenters. The molecule has 83 valence electrons. The number of carbonyl (C=O) groups is 1. The normalized spacial score (nSPS) is 10.0. The summed E-state index contributed by atoms with van der Waals surface area (Å²) in [5, 5.41) is 0. The second kappa shape index (κ2) is 5.32. The fraction of sp³-hybridized carbons (Fsp3) is 0.0714. The van der Waals surface area contributed by atoms with Crippen LogP contribution in [0.4, 0.5) is 0 Å². The molecule has 2 aromatic rings. The van der Waals surface area contributed by atoms with Gasteiger partial charge in [-0.25, -0.2) is 0 Å². The lowest BCUT2D eigenvalue weighted by molar-refractivity contribution is 0.103. The molecule has 1 nitrogen and oxygen atoms in total. The molecular formula is C14H11BBrO. The molecule has 0 aliphatic heterocycles. The van der Waals surface area contributed by atoms with E-state index in [0.29, 0.717) is 5.56 Å². The quantitative estimate of drug-likeness (QED) is 0.626. The number of rotatable bonds is 3. The topological polar surface area (TPSA) is 17.1 Å². The van der Waals surface area contributed by atoms with Gasteiger partial charge in [-0.05, 0) is 24.3 Å². The zero-order chi connectivity index (χ0) is 12.3. The summed E-state index contributed by atoms with van der Waals surface area (Å²) in [6.45, 7) is 1.98. The van der Waals surface area contributed by atoms with E-state index >= 15 is 0 Å². The standard InChI is InChI=1S/C14H11BBrO/c1-15-12-6-2-10(3-7-12)14(17)11-4-8-13(16)9-5-11/h2-9H,1H3. The number of hydrogen-bond acceptors (Lipinski definition) is 1. The highest BCUT2D eigenvalue weighted by Crippen LogP contribution is 2.13. The molecule has 0 aliphatic rings. The van der Waals surface area contributed by atoms with E-state index in [2.05, 4.69) is 15.9 Å². The van der Waals surface area contributed by atoms with Crippen molar-refractivity contribution in [3.05, 3.63) is 64.1 Å². The van der Waals surface area contributed by atoms with Gasteiger partial charge in [-0.15, -0.1) is 0 Å². The third-order valence-electron chi connectivity index (χ3n) is 2.61. The number of hydrogen-bond donors (Lipinski definition) is 0. The number of ketones is 1. The summed E-state index contributed by atoms with van der Waals surface area (Å²) in [7, 11) is 2.01. The van der Waals surface area contributed by atoms with Gasteiger partial charge in [-0.3, -0.25) is 4.79 Å². The second-order valence-corrected chi connectivity index (χ2v) is 4.66. The Kier molecular flexibility index (Phi) is 3.80. The molecule has 17 heavy (non-hydrogen) atoms. The summed E-state index contributed by atoms with van der Waals surface area (Å²) in [5.41, 5.74) is 2.55. The van der Waals surface area contributed by atoms with Crippen molar-refractivity contribution in [1.29, 1.82) is 0 Å². The molecule has 1 radical (unpaired) electrons. The first-order chi connectivity index (χ1) is 8.20. The van der Waals surface area contributed by atoms with Crippen LogP contribution in [0.3, 0.4) is 0 Å². The molecule has 3 heteroatoms. The molecule has 0 saturated heterocycles. The number of halogens is 1. The van der Waals surface area contributed by atoms with Gasteiger partial charge in [0.2, 0.25) is 0 Å². The maximum Gasteiger partial charge on any atom is 0.193 e. The molecule has 0 atom stereocenters. The van der Waals surface area contributed by atoms with Crippen molar-refractivity contribution < 1.29 is 4.79 Å². The predicted molar refractivity (Wildman–Crippen MR) is 75.3 cm³/mol. The van der Waals surface area contributed by atoms with Crippen molar-refractivity contribution in [3.63, 3.8) is 0 Å². The van der Waals surface area contributed by atoms with Gasteiger partial charge < -0.3 is 0 Å². The van der Waals surface area contributed by atoms with E-state index in [4.69, 9.17) is 0 Å². The van der Waals surface area contributed by atoms with Crippen LogP contribution in [0, 0.1) is 0 Å². The first kappa shape index (κ1) is 12.1. The average Bonchev–Trinajstić information content (AvgIpc) is 2.39. The Labute approximate surface area is 110 Å². The van der Waals surface area contributed by atoms with Gasteiger partial charge >= 0.3 is 0 Å². The van der Waals surface area contributed by atoms with Crippen molar-refractivity contribution in [2.45, 2.75) is 6.82 Å². The van der Waals surface area contributed by atoms with Crippen LogP contribution in [0.1, 0.15) is 15.9 Å². The first-order valence-electron chi connectivity index (χ1n) is 5.40. The summed E-state index contributed by atoms with van der Waals surface area (Å²) >= 11 is 3.35. The zero-order valence-corrected chi connectivity index (χ0v) is 11.1. The third-order valence-corrected chi connectivity index (χ3v) is 3.14. The van der Waals surface area contributed by atoms with Gasteiger partial charge in [0.25, 0.3) is 0 Å². The Morgan fingerprint density at radius 2 is 1.41 bits per heavy atom. The molecule has 0 spiro atoms. The van der Waals surface area contributed by atoms with Gasteiger partial charge in [0.1, 0.15) is 7.28 Å². The van der Waals surface area contributed by atoms with Crippen LogP contribution >= 0.6 is 15.9 Å². The molecule has 0 amide bonds. The highest BCUT2D eigenvalue weighted by Gasteiger charge is 2.08. The third kappa shape index (κ3) is 2.86. The van der Waals surface area contributed by atoms with Crippen molar-refractivity contribution in [2.24, 2.45) is 0 Å². The molecule has 0 aliphatic carbocycles. The van der Waals surface area contributed by atoms with Crippen molar-refractivity contribution >= 4 is 34.5 Å². The summed E-state index contributed by atoms with van der Waals surface area (Å²) in [6.07, 6.45) is 0. The summed E-state index contributed by atoms with van der Waals surface area (Å²) < 4.78 is 0.977. The van der Waals surface area contributed by atoms with Crippen molar-refractivity contribution in [3.8, 4) is 0 Å². The molecule has 0 heterocycles. The minimum Gasteiger partial charge on any atom is -0.289 e. The lowest BCUT2D eigenvalue weighted by Crippen LogP contribution is -2.11. The number of benzene rings is 2. The fourth-order valence-electron chi connectivity index (χ4n) is 1.59. The Morgan fingerprint density at radius 3 is 1.88 bits per heavy atom. The molecule has 0 aromatic heterocycles. The molecule has 0 saturated carbocycles. The maximum atomic E-state index is 12.1. The summed E-state index contributed by atoms with van der Waals surface area (Å²) in [4.78, 5) is 12.1. The smallest absolute Gasteiger partial charge is 0.193 e. The van der Waals surface area contributed by atoms with Gasteiger partial charge in [-0.2, -0.15) is 0 Å². The summed E-state index contributed by atoms with van der Waals surface area (Å²) in [5.74, 6) is 0.0557. The van der Waals surface area contributed by atoms with Crippen LogP contribution in [0.5, 0.6) is 0 Å². The SMILES string of the molecule is C[B]c1ccc(C(=O)c2ccc(Br)cc2)cc1.